The molecule has 0 unspecified atom stereocenters. The van der Waals surface area contributed by atoms with Crippen molar-refractivity contribution in [1.82, 2.24) is 0 Å². The first-order chi connectivity index (χ1) is 11.0. The molecule has 4 nitrogen and oxygen atoms in total. The van der Waals surface area contributed by atoms with Crippen molar-refractivity contribution in [3.63, 3.8) is 0 Å². The van der Waals surface area contributed by atoms with Gasteiger partial charge >= 0.3 is 0 Å². The summed E-state index contributed by atoms with van der Waals surface area (Å²) in [5.41, 5.74) is 1.14. The third-order valence-corrected chi connectivity index (χ3v) is 4.78. The van der Waals surface area contributed by atoms with E-state index in [1.54, 1.807) is 7.11 Å². The van der Waals surface area contributed by atoms with E-state index in [-0.39, 0.29) is 5.91 Å². The van der Waals surface area contributed by atoms with E-state index in [1.165, 1.54) is 0 Å². The Morgan fingerprint density at radius 2 is 2.04 bits per heavy atom. The summed E-state index contributed by atoms with van der Waals surface area (Å²) in [6.45, 7) is 7.02. The number of benzene rings is 1. The number of methoxy groups -OCH3 is 1. The number of carbonyl (C=O) groups is 1. The van der Waals surface area contributed by atoms with Crippen LogP contribution in [0.15, 0.2) is 18.2 Å². The normalized spacial score (nSPS) is 24.3. The van der Waals surface area contributed by atoms with Crippen LogP contribution in [0, 0.1) is 12.8 Å². The third-order valence-electron chi connectivity index (χ3n) is 4.78. The molecule has 0 spiro atoms. The van der Waals surface area contributed by atoms with Crippen molar-refractivity contribution in [2.75, 3.05) is 19.0 Å². The smallest absolute Gasteiger partial charge is 0.256 e. The van der Waals surface area contributed by atoms with Gasteiger partial charge in [0.05, 0.1) is 6.61 Å². The monoisotopic (exact) mass is 319 g/mol. The van der Waals surface area contributed by atoms with Crippen LogP contribution in [0.4, 0.5) is 5.69 Å². The SMILES string of the molecule is CCCOc1ccc(NC(=O)C2(OC)CCC(C)CC2)cc1C. The number of anilines is 1. The third kappa shape index (κ3) is 4.25. The molecule has 1 amide bonds. The van der Waals surface area contributed by atoms with E-state index in [1.807, 2.05) is 25.1 Å². The molecule has 1 aromatic carbocycles. The van der Waals surface area contributed by atoms with Gasteiger partial charge in [-0.05, 0) is 68.7 Å². The van der Waals surface area contributed by atoms with Crippen molar-refractivity contribution in [2.24, 2.45) is 5.92 Å². The molecule has 0 aliphatic heterocycles. The largest absolute Gasteiger partial charge is 0.493 e. The topological polar surface area (TPSA) is 47.6 Å². The van der Waals surface area contributed by atoms with Crippen LogP contribution in [0.1, 0.15) is 51.5 Å². The molecular weight excluding hydrogens is 290 g/mol. The van der Waals surface area contributed by atoms with E-state index in [9.17, 15) is 4.79 Å². The van der Waals surface area contributed by atoms with Gasteiger partial charge in [-0.1, -0.05) is 13.8 Å². The average Bonchev–Trinajstić information content (AvgIpc) is 2.55. The van der Waals surface area contributed by atoms with Crippen LogP contribution in [0.3, 0.4) is 0 Å². The molecular formula is C19H29NO3. The second-order valence-electron chi connectivity index (χ2n) is 6.66. The van der Waals surface area contributed by atoms with Crippen LogP contribution < -0.4 is 10.1 Å². The molecule has 1 saturated carbocycles. The molecule has 23 heavy (non-hydrogen) atoms. The van der Waals surface area contributed by atoms with Gasteiger partial charge in [0.25, 0.3) is 5.91 Å². The maximum absolute atomic E-state index is 12.7. The van der Waals surface area contributed by atoms with Crippen LogP contribution in [0.2, 0.25) is 0 Å². The van der Waals surface area contributed by atoms with E-state index in [0.717, 1.165) is 49.1 Å². The Kier molecular flexibility index (Phi) is 6.05. The molecule has 0 bridgehead atoms. The lowest BCUT2D eigenvalue weighted by molar-refractivity contribution is -0.142. The minimum Gasteiger partial charge on any atom is -0.493 e. The molecule has 0 aromatic heterocycles. The standard InChI is InChI=1S/C19H29NO3/c1-5-12-23-17-7-6-16(13-15(17)3)20-18(21)19(22-4)10-8-14(2)9-11-19/h6-7,13-14H,5,8-12H2,1-4H3,(H,20,21). The predicted molar refractivity (Wildman–Crippen MR) is 93.0 cm³/mol. The number of ether oxygens (including phenoxy) is 2. The van der Waals surface area contributed by atoms with Crippen LogP contribution in [-0.4, -0.2) is 25.2 Å². The van der Waals surface area contributed by atoms with Crippen molar-refractivity contribution < 1.29 is 14.3 Å². The molecule has 0 heterocycles. The van der Waals surface area contributed by atoms with Gasteiger partial charge in [0.15, 0.2) is 0 Å². The number of hydrogen-bond acceptors (Lipinski definition) is 3. The first kappa shape index (κ1) is 17.8. The van der Waals surface area contributed by atoms with E-state index in [4.69, 9.17) is 9.47 Å². The quantitative estimate of drug-likeness (QED) is 0.849. The second-order valence-corrected chi connectivity index (χ2v) is 6.66. The summed E-state index contributed by atoms with van der Waals surface area (Å²) < 4.78 is 11.3. The highest BCUT2D eigenvalue weighted by Gasteiger charge is 2.41. The number of aryl methyl sites for hydroxylation is 1. The molecule has 4 heteroatoms. The van der Waals surface area contributed by atoms with Gasteiger partial charge in [-0.25, -0.2) is 0 Å². The van der Waals surface area contributed by atoms with Gasteiger partial charge in [-0.3, -0.25) is 4.79 Å². The molecule has 0 radical (unpaired) electrons. The lowest BCUT2D eigenvalue weighted by atomic mass is 9.79. The summed E-state index contributed by atoms with van der Waals surface area (Å²) in [5, 5.41) is 3.02. The molecule has 0 saturated heterocycles. The maximum Gasteiger partial charge on any atom is 0.256 e. The van der Waals surface area contributed by atoms with E-state index >= 15 is 0 Å². The van der Waals surface area contributed by atoms with E-state index < -0.39 is 5.60 Å². The first-order valence-corrected chi connectivity index (χ1v) is 8.61. The number of amides is 1. The zero-order valence-corrected chi connectivity index (χ0v) is 14.8. The summed E-state index contributed by atoms with van der Waals surface area (Å²) in [6.07, 6.45) is 4.61. The highest BCUT2D eigenvalue weighted by molar-refractivity contribution is 5.97. The summed E-state index contributed by atoms with van der Waals surface area (Å²) in [4.78, 5) is 12.7. The number of hydrogen-bond donors (Lipinski definition) is 1. The van der Waals surface area contributed by atoms with Gasteiger partial charge in [0.2, 0.25) is 0 Å². The zero-order chi connectivity index (χ0) is 16.9. The minimum absolute atomic E-state index is 0.0338. The fourth-order valence-electron chi connectivity index (χ4n) is 3.10. The van der Waals surface area contributed by atoms with Crippen molar-refractivity contribution in [2.45, 2.75) is 58.5 Å². The summed E-state index contributed by atoms with van der Waals surface area (Å²) in [7, 11) is 1.64. The minimum atomic E-state index is -0.683. The number of rotatable bonds is 6. The van der Waals surface area contributed by atoms with Gasteiger partial charge in [-0.15, -0.1) is 0 Å². The Labute approximate surface area is 139 Å². The summed E-state index contributed by atoms with van der Waals surface area (Å²) in [6, 6.07) is 5.77. The summed E-state index contributed by atoms with van der Waals surface area (Å²) >= 11 is 0. The number of carbonyl (C=O) groups excluding carboxylic acids is 1. The van der Waals surface area contributed by atoms with Gasteiger partial charge in [0.1, 0.15) is 11.4 Å². The fraction of sp³-hybridized carbons (Fsp3) is 0.632. The molecule has 128 valence electrons. The van der Waals surface area contributed by atoms with Crippen LogP contribution >= 0.6 is 0 Å². The van der Waals surface area contributed by atoms with Gasteiger partial charge < -0.3 is 14.8 Å². The Bertz CT molecular complexity index is 533. The van der Waals surface area contributed by atoms with Crippen LogP contribution in [-0.2, 0) is 9.53 Å². The lowest BCUT2D eigenvalue weighted by Crippen LogP contribution is -2.47. The predicted octanol–water partition coefficient (Wildman–Crippen LogP) is 4.32. The molecule has 1 aliphatic carbocycles. The van der Waals surface area contributed by atoms with Crippen molar-refractivity contribution in [3.8, 4) is 5.75 Å². The number of nitrogens with one attached hydrogen (secondary N) is 1. The zero-order valence-electron chi connectivity index (χ0n) is 14.8. The fourth-order valence-corrected chi connectivity index (χ4v) is 3.10. The van der Waals surface area contributed by atoms with E-state index in [0.29, 0.717) is 12.5 Å². The first-order valence-electron chi connectivity index (χ1n) is 8.61. The lowest BCUT2D eigenvalue weighted by Gasteiger charge is -2.36. The molecule has 1 aliphatic rings. The Hall–Kier alpha value is -1.55. The Balaban J connectivity index is 2.05. The van der Waals surface area contributed by atoms with Crippen molar-refractivity contribution >= 4 is 11.6 Å². The van der Waals surface area contributed by atoms with Crippen molar-refractivity contribution in [1.29, 1.82) is 0 Å². The molecule has 1 N–H and O–H groups in total. The molecule has 1 fully saturated rings. The van der Waals surface area contributed by atoms with Crippen LogP contribution in [0.5, 0.6) is 5.75 Å². The van der Waals surface area contributed by atoms with Crippen molar-refractivity contribution in [3.05, 3.63) is 23.8 Å². The maximum atomic E-state index is 12.7. The molecule has 1 aromatic rings. The Morgan fingerprint density at radius 3 is 2.61 bits per heavy atom. The molecule has 0 atom stereocenters. The van der Waals surface area contributed by atoms with Gasteiger partial charge in [-0.2, -0.15) is 0 Å². The molecule has 2 rings (SSSR count). The van der Waals surface area contributed by atoms with Crippen LogP contribution in [0.25, 0.3) is 0 Å². The van der Waals surface area contributed by atoms with E-state index in [2.05, 4.69) is 19.2 Å². The average molecular weight is 319 g/mol. The second kappa shape index (κ2) is 7.82. The highest BCUT2D eigenvalue weighted by Crippen LogP contribution is 2.35. The Morgan fingerprint density at radius 1 is 1.35 bits per heavy atom. The summed E-state index contributed by atoms with van der Waals surface area (Å²) in [5.74, 6) is 1.51. The van der Waals surface area contributed by atoms with Gasteiger partial charge in [0, 0.05) is 12.8 Å². The highest BCUT2D eigenvalue weighted by atomic mass is 16.5.